The van der Waals surface area contributed by atoms with Gasteiger partial charge in [-0.25, -0.2) is 4.98 Å². The Morgan fingerprint density at radius 1 is 1.37 bits per heavy atom. The molecule has 0 aromatic carbocycles. The fourth-order valence-corrected chi connectivity index (χ4v) is 2.33. The van der Waals surface area contributed by atoms with Crippen molar-refractivity contribution in [3.8, 4) is 0 Å². The van der Waals surface area contributed by atoms with Crippen LogP contribution in [0.15, 0.2) is 35.2 Å². The van der Waals surface area contributed by atoms with Gasteiger partial charge >= 0.3 is 0 Å². The van der Waals surface area contributed by atoms with Crippen molar-refractivity contribution >= 4 is 22.8 Å². The van der Waals surface area contributed by atoms with Crippen molar-refractivity contribution in [2.45, 2.75) is 6.54 Å². The molecule has 0 amide bonds. The van der Waals surface area contributed by atoms with Crippen molar-refractivity contribution in [3.63, 3.8) is 0 Å². The van der Waals surface area contributed by atoms with E-state index >= 15 is 0 Å². The lowest BCUT2D eigenvalue weighted by atomic mass is 10.3. The van der Waals surface area contributed by atoms with Gasteiger partial charge in [0.25, 0.3) is 0 Å². The SMILES string of the molecule is COCCN(C)c1ccc(NCc2ccsc2)nc1. The topological polar surface area (TPSA) is 37.4 Å². The van der Waals surface area contributed by atoms with Crippen molar-refractivity contribution in [3.05, 3.63) is 40.7 Å². The Morgan fingerprint density at radius 3 is 2.89 bits per heavy atom. The Hall–Kier alpha value is -1.59. The number of hydrogen-bond acceptors (Lipinski definition) is 5. The third-order valence-corrected chi connectivity index (χ3v) is 3.61. The van der Waals surface area contributed by atoms with Crippen molar-refractivity contribution < 1.29 is 4.74 Å². The lowest BCUT2D eigenvalue weighted by Gasteiger charge is -2.18. The number of nitrogens with zero attached hydrogens (tertiary/aromatic N) is 2. The van der Waals surface area contributed by atoms with Crippen LogP contribution in [0.1, 0.15) is 5.56 Å². The molecule has 0 aliphatic rings. The van der Waals surface area contributed by atoms with Crippen LogP contribution >= 0.6 is 11.3 Å². The van der Waals surface area contributed by atoms with Crippen LogP contribution in [-0.2, 0) is 11.3 Å². The Balaban J connectivity index is 1.87. The maximum absolute atomic E-state index is 5.06. The normalized spacial score (nSPS) is 10.4. The summed E-state index contributed by atoms with van der Waals surface area (Å²) in [4.78, 5) is 6.54. The standard InChI is InChI=1S/C14H19N3OS/c1-17(6-7-18-2)13-3-4-14(16-10-13)15-9-12-5-8-19-11-12/h3-5,8,10-11H,6-7,9H2,1-2H3,(H,15,16). The molecule has 0 fully saturated rings. The number of hydrogen-bond donors (Lipinski definition) is 1. The molecular formula is C14H19N3OS. The maximum Gasteiger partial charge on any atom is 0.126 e. The summed E-state index contributed by atoms with van der Waals surface area (Å²) in [6.07, 6.45) is 1.88. The first kappa shape index (κ1) is 13.8. The van der Waals surface area contributed by atoms with Crippen molar-refractivity contribution in [2.75, 3.05) is 37.5 Å². The molecule has 4 nitrogen and oxygen atoms in total. The van der Waals surface area contributed by atoms with Crippen molar-refractivity contribution in [1.29, 1.82) is 0 Å². The van der Waals surface area contributed by atoms with Crippen LogP contribution in [0.3, 0.4) is 0 Å². The summed E-state index contributed by atoms with van der Waals surface area (Å²) in [5.41, 5.74) is 2.38. The third kappa shape index (κ3) is 4.22. The number of methoxy groups -OCH3 is 1. The molecule has 5 heteroatoms. The second-order valence-corrected chi connectivity index (χ2v) is 5.08. The summed E-state index contributed by atoms with van der Waals surface area (Å²) >= 11 is 1.71. The van der Waals surface area contributed by atoms with Gasteiger partial charge in [0.05, 0.1) is 18.5 Å². The predicted molar refractivity (Wildman–Crippen MR) is 81.0 cm³/mol. The fraction of sp³-hybridized carbons (Fsp3) is 0.357. The molecule has 0 spiro atoms. The molecular weight excluding hydrogens is 258 g/mol. The molecule has 1 N–H and O–H groups in total. The molecule has 0 radical (unpaired) electrons. The van der Waals surface area contributed by atoms with Gasteiger partial charge < -0.3 is 15.0 Å². The number of likely N-dealkylation sites (N-methyl/N-ethyl adjacent to an activating group) is 1. The van der Waals surface area contributed by atoms with Crippen LogP contribution in [-0.4, -0.2) is 32.3 Å². The van der Waals surface area contributed by atoms with Gasteiger partial charge in [0.1, 0.15) is 5.82 Å². The van der Waals surface area contributed by atoms with Gasteiger partial charge in [-0.15, -0.1) is 0 Å². The van der Waals surface area contributed by atoms with Gasteiger partial charge in [-0.3, -0.25) is 0 Å². The highest BCUT2D eigenvalue weighted by atomic mass is 32.1. The van der Waals surface area contributed by atoms with Gasteiger partial charge in [0.2, 0.25) is 0 Å². The molecule has 0 saturated carbocycles. The van der Waals surface area contributed by atoms with Crippen LogP contribution in [0.25, 0.3) is 0 Å². The first-order valence-electron chi connectivity index (χ1n) is 6.20. The molecule has 0 aliphatic heterocycles. The monoisotopic (exact) mass is 277 g/mol. The first-order valence-corrected chi connectivity index (χ1v) is 7.15. The van der Waals surface area contributed by atoms with E-state index in [1.54, 1.807) is 18.4 Å². The molecule has 102 valence electrons. The van der Waals surface area contributed by atoms with Crippen molar-refractivity contribution in [1.82, 2.24) is 4.98 Å². The molecule has 0 atom stereocenters. The Morgan fingerprint density at radius 2 is 2.26 bits per heavy atom. The van der Waals surface area contributed by atoms with Gasteiger partial charge in [0, 0.05) is 27.2 Å². The van der Waals surface area contributed by atoms with Gasteiger partial charge in [-0.2, -0.15) is 11.3 Å². The number of aromatic nitrogens is 1. The largest absolute Gasteiger partial charge is 0.383 e. The van der Waals surface area contributed by atoms with Gasteiger partial charge in [-0.05, 0) is 34.5 Å². The second-order valence-electron chi connectivity index (χ2n) is 4.30. The molecule has 19 heavy (non-hydrogen) atoms. The number of thiophene rings is 1. The van der Waals surface area contributed by atoms with Crippen LogP contribution in [0, 0.1) is 0 Å². The first-order chi connectivity index (χ1) is 9.29. The molecule has 2 aromatic heterocycles. The Kier molecular flexibility index (Phi) is 5.18. The second kappa shape index (κ2) is 7.11. The molecule has 2 aromatic rings. The Labute approximate surface area is 118 Å². The number of pyridine rings is 1. The minimum Gasteiger partial charge on any atom is -0.383 e. The zero-order chi connectivity index (χ0) is 13.5. The fourth-order valence-electron chi connectivity index (χ4n) is 1.66. The van der Waals surface area contributed by atoms with E-state index in [1.165, 1.54) is 5.56 Å². The molecule has 2 rings (SSSR count). The van der Waals surface area contributed by atoms with Crippen molar-refractivity contribution in [2.24, 2.45) is 0 Å². The average molecular weight is 277 g/mol. The Bertz CT molecular complexity index is 470. The van der Waals surface area contributed by atoms with Crippen LogP contribution in [0.4, 0.5) is 11.5 Å². The number of rotatable bonds is 7. The highest BCUT2D eigenvalue weighted by molar-refractivity contribution is 7.07. The van der Waals surface area contributed by atoms with E-state index in [0.717, 1.165) is 24.6 Å². The molecule has 0 unspecified atom stereocenters. The van der Waals surface area contributed by atoms with E-state index in [9.17, 15) is 0 Å². The quantitative estimate of drug-likeness (QED) is 0.844. The average Bonchev–Trinajstić information content (AvgIpc) is 2.96. The summed E-state index contributed by atoms with van der Waals surface area (Å²) in [6.45, 7) is 2.39. The van der Waals surface area contributed by atoms with E-state index in [-0.39, 0.29) is 0 Å². The molecule has 0 bridgehead atoms. The third-order valence-electron chi connectivity index (χ3n) is 2.87. The lowest BCUT2D eigenvalue weighted by Crippen LogP contribution is -2.22. The highest BCUT2D eigenvalue weighted by Crippen LogP contribution is 2.14. The molecule has 0 aliphatic carbocycles. The number of anilines is 2. The maximum atomic E-state index is 5.06. The van der Waals surface area contributed by atoms with E-state index in [1.807, 2.05) is 19.3 Å². The smallest absolute Gasteiger partial charge is 0.126 e. The summed E-state index contributed by atoms with van der Waals surface area (Å²) in [6, 6.07) is 6.19. The lowest BCUT2D eigenvalue weighted by molar-refractivity contribution is 0.206. The van der Waals surface area contributed by atoms with E-state index in [2.05, 4.69) is 38.1 Å². The minimum absolute atomic E-state index is 0.717. The van der Waals surface area contributed by atoms with Crippen LogP contribution in [0.2, 0.25) is 0 Å². The predicted octanol–water partition coefficient (Wildman–Crippen LogP) is 2.84. The number of ether oxygens (including phenoxy) is 1. The minimum atomic E-state index is 0.717. The van der Waals surface area contributed by atoms with Crippen LogP contribution < -0.4 is 10.2 Å². The van der Waals surface area contributed by atoms with E-state index < -0.39 is 0 Å². The summed E-state index contributed by atoms with van der Waals surface area (Å²) in [5.74, 6) is 0.898. The summed E-state index contributed by atoms with van der Waals surface area (Å²) < 4.78 is 5.06. The molecule has 2 heterocycles. The zero-order valence-corrected chi connectivity index (χ0v) is 12.1. The van der Waals surface area contributed by atoms with Gasteiger partial charge in [-0.1, -0.05) is 0 Å². The summed E-state index contributed by atoms with van der Waals surface area (Å²) in [7, 11) is 3.75. The zero-order valence-electron chi connectivity index (χ0n) is 11.3. The van der Waals surface area contributed by atoms with E-state index in [4.69, 9.17) is 4.74 Å². The summed E-state index contributed by atoms with van der Waals surface area (Å²) in [5, 5.41) is 7.53. The number of nitrogens with one attached hydrogen (secondary N) is 1. The van der Waals surface area contributed by atoms with Gasteiger partial charge in [0.15, 0.2) is 0 Å². The highest BCUT2D eigenvalue weighted by Gasteiger charge is 2.01. The van der Waals surface area contributed by atoms with E-state index in [0.29, 0.717) is 6.61 Å². The van der Waals surface area contributed by atoms with Crippen LogP contribution in [0.5, 0.6) is 0 Å². The molecule has 0 saturated heterocycles.